The smallest absolute Gasteiger partial charge is 0.309 e. The van der Waals surface area contributed by atoms with Gasteiger partial charge in [-0.15, -0.1) is 0 Å². The third-order valence-corrected chi connectivity index (χ3v) is 11.7. The fraction of sp³-hybridized carbons (Fsp3) is 0.346. The molecule has 6 aromatic rings. The second-order valence-corrected chi connectivity index (χ2v) is 17.3. The van der Waals surface area contributed by atoms with Crippen molar-refractivity contribution in [3.63, 3.8) is 0 Å². The summed E-state index contributed by atoms with van der Waals surface area (Å²) in [7, 11) is 0. The van der Waals surface area contributed by atoms with E-state index in [-0.39, 0.29) is 89.4 Å². The lowest BCUT2D eigenvalue weighted by atomic mass is 10.2. The van der Waals surface area contributed by atoms with Gasteiger partial charge < -0.3 is 19.7 Å². The van der Waals surface area contributed by atoms with Gasteiger partial charge >= 0.3 is 11.9 Å². The summed E-state index contributed by atoms with van der Waals surface area (Å²) in [6.07, 6.45) is 12.2. The molecule has 4 fully saturated rings. The first-order chi connectivity index (χ1) is 34.2. The number of carbonyl (C=O) groups is 2. The van der Waals surface area contributed by atoms with Crippen LogP contribution in [-0.4, -0.2) is 78.5 Å². The fourth-order valence-corrected chi connectivity index (χ4v) is 7.21. The van der Waals surface area contributed by atoms with Crippen LogP contribution in [0.4, 0.5) is 26.3 Å². The largest absolute Gasteiger partial charge is 0.466 e. The Morgan fingerprint density at radius 3 is 1.10 bits per heavy atom. The van der Waals surface area contributed by atoms with Gasteiger partial charge in [-0.1, -0.05) is 6.58 Å². The summed E-state index contributed by atoms with van der Waals surface area (Å²) in [5, 5.41) is 17.6. The summed E-state index contributed by atoms with van der Waals surface area (Å²) in [6, 6.07) is 18.0. The zero-order valence-corrected chi connectivity index (χ0v) is 40.4. The van der Waals surface area contributed by atoms with E-state index in [1.54, 1.807) is 56.3 Å². The Balaban J connectivity index is 0.000000451. The molecule has 6 aromatic heterocycles. The molecule has 6 heterocycles. The summed E-state index contributed by atoms with van der Waals surface area (Å²) >= 11 is 3.07. The van der Waals surface area contributed by atoms with Crippen LogP contribution in [0.25, 0.3) is 6.08 Å². The Hall–Kier alpha value is -6.44. The molecule has 0 spiro atoms. The van der Waals surface area contributed by atoms with Crippen LogP contribution in [0.5, 0.6) is 0 Å². The minimum Gasteiger partial charge on any atom is -0.466 e. The Morgan fingerprint density at radius 1 is 0.535 bits per heavy atom. The van der Waals surface area contributed by atoms with Crippen LogP contribution in [0.15, 0.2) is 121 Å². The molecule has 4 aliphatic carbocycles. The minimum absolute atomic E-state index is 0. The number of halogens is 7. The molecule has 0 radical (unpaired) electrons. The molecule has 384 valence electrons. The third-order valence-electron chi connectivity index (χ3n) is 11.2. The maximum absolute atomic E-state index is 12.6. The van der Waals surface area contributed by atoms with Crippen molar-refractivity contribution >= 4 is 33.9 Å². The topological polar surface area (TPSA) is 170 Å². The van der Waals surface area contributed by atoms with E-state index >= 15 is 0 Å². The van der Waals surface area contributed by atoms with Gasteiger partial charge in [0.05, 0.1) is 67.9 Å². The van der Waals surface area contributed by atoms with Crippen molar-refractivity contribution in [3.05, 3.63) is 185 Å². The number of aliphatic hydroxyl groups is 2. The van der Waals surface area contributed by atoms with Crippen LogP contribution < -0.4 is 0 Å². The summed E-state index contributed by atoms with van der Waals surface area (Å²) in [5.41, 5.74) is 4.03. The maximum atomic E-state index is 12.6. The zero-order chi connectivity index (χ0) is 51.5. The number of esters is 2. The van der Waals surface area contributed by atoms with Gasteiger partial charge in [0.1, 0.15) is 39.5 Å². The van der Waals surface area contributed by atoms with E-state index in [1.165, 1.54) is 61.2 Å². The molecule has 8 atom stereocenters. The summed E-state index contributed by atoms with van der Waals surface area (Å²) in [4.78, 5) is 45.8. The number of ether oxygens (including phenoxy) is 2. The molecule has 0 unspecified atom stereocenters. The molecule has 4 aliphatic rings. The van der Waals surface area contributed by atoms with Gasteiger partial charge in [-0.3, -0.25) is 34.5 Å². The first kappa shape index (κ1) is 55.5. The predicted molar refractivity (Wildman–Crippen MR) is 262 cm³/mol. The van der Waals surface area contributed by atoms with Crippen LogP contribution in [0.1, 0.15) is 97.4 Å². The van der Waals surface area contributed by atoms with Crippen molar-refractivity contribution in [1.82, 2.24) is 29.9 Å². The Labute approximate surface area is 421 Å². The first-order valence-electron chi connectivity index (χ1n) is 22.7. The quantitative estimate of drug-likeness (QED) is 0.0716. The average Bonchev–Trinajstić information content (AvgIpc) is 4.18. The summed E-state index contributed by atoms with van der Waals surface area (Å²) in [5.74, 6) is -0.813. The molecule has 0 amide bonds. The van der Waals surface area contributed by atoms with Crippen molar-refractivity contribution in [2.24, 2.45) is 23.7 Å². The van der Waals surface area contributed by atoms with Crippen LogP contribution >= 0.6 is 15.9 Å². The monoisotopic (exact) mass is 1060 g/mol. The van der Waals surface area contributed by atoms with Crippen molar-refractivity contribution in [3.8, 4) is 0 Å². The van der Waals surface area contributed by atoms with Crippen LogP contribution in [0.2, 0.25) is 0 Å². The molecule has 0 saturated heterocycles. The van der Waals surface area contributed by atoms with Gasteiger partial charge in [0.25, 0.3) is 0 Å². The van der Waals surface area contributed by atoms with Gasteiger partial charge in [0.2, 0.25) is 0 Å². The van der Waals surface area contributed by atoms with Gasteiger partial charge in [-0.2, -0.15) is 0 Å². The molecule has 0 bridgehead atoms. The molecule has 0 aromatic carbocycles. The molecule has 12 nitrogen and oxygen atoms in total. The molecular weight excluding hydrogens is 998 g/mol. The number of rotatable bonds is 11. The number of hydrogen-bond acceptors (Lipinski definition) is 12. The SMILES string of the molecule is C=Cc1ccc(F)cn1.CCOC(=O)[C@H]1C[C@@H]1c1ccc(F)cn1.CCOC(=O)[C@H]1C[C@H]1c1ccc(F)cn1.Fc1ccc(Br)nc1.OC[C@H]1C[C@@H]1c1ccc(F)cn1.OC[C@H]1C[C@@H]1c1ccc(F)cn1.[HH].[HH].[HH].[HH]. The molecule has 4 saturated carbocycles. The molecule has 19 heteroatoms. The van der Waals surface area contributed by atoms with Crippen molar-refractivity contribution in [2.75, 3.05) is 26.4 Å². The van der Waals surface area contributed by atoms with E-state index in [0.29, 0.717) is 47.2 Å². The summed E-state index contributed by atoms with van der Waals surface area (Å²) < 4.78 is 84.6. The lowest BCUT2D eigenvalue weighted by molar-refractivity contribution is -0.145. The number of carbonyl (C=O) groups excluding carboxylic acids is 2. The van der Waals surface area contributed by atoms with E-state index in [0.717, 1.165) is 60.9 Å². The molecular formula is C52H61BrF6N6O6. The second-order valence-electron chi connectivity index (χ2n) is 16.5. The van der Waals surface area contributed by atoms with Crippen molar-refractivity contribution < 1.29 is 61.3 Å². The number of aliphatic hydroxyl groups excluding tert-OH is 2. The zero-order valence-electron chi connectivity index (χ0n) is 38.8. The van der Waals surface area contributed by atoms with Gasteiger partial charge in [0.15, 0.2) is 0 Å². The van der Waals surface area contributed by atoms with E-state index < -0.39 is 0 Å². The van der Waals surface area contributed by atoms with E-state index in [9.17, 15) is 35.9 Å². The number of aromatic nitrogens is 6. The van der Waals surface area contributed by atoms with Gasteiger partial charge in [-0.25, -0.2) is 31.3 Å². The minimum atomic E-state index is -0.355. The highest BCUT2D eigenvalue weighted by Gasteiger charge is 2.47. The Morgan fingerprint density at radius 2 is 0.859 bits per heavy atom. The van der Waals surface area contributed by atoms with Crippen molar-refractivity contribution in [2.45, 2.75) is 63.2 Å². The number of nitrogens with zero attached hydrogens (tertiary/aromatic N) is 6. The predicted octanol–water partition coefficient (Wildman–Crippen LogP) is 11.2. The molecule has 0 aliphatic heterocycles. The highest BCUT2D eigenvalue weighted by Crippen LogP contribution is 2.49. The van der Waals surface area contributed by atoms with Crippen molar-refractivity contribution in [1.29, 1.82) is 0 Å². The molecule has 71 heavy (non-hydrogen) atoms. The Kier molecular flexibility index (Phi) is 21.7. The number of pyridine rings is 6. The van der Waals surface area contributed by atoms with Crippen LogP contribution in [0, 0.1) is 58.6 Å². The normalized spacial score (nSPS) is 21.3. The van der Waals surface area contributed by atoms with E-state index in [2.05, 4.69) is 52.4 Å². The maximum Gasteiger partial charge on any atom is 0.309 e. The van der Waals surface area contributed by atoms with E-state index in [4.69, 9.17) is 19.7 Å². The average molecular weight is 1060 g/mol. The van der Waals surface area contributed by atoms with E-state index in [1.807, 2.05) is 0 Å². The summed E-state index contributed by atoms with van der Waals surface area (Å²) in [6.45, 7) is 8.27. The molecule has 10 rings (SSSR count). The highest BCUT2D eigenvalue weighted by molar-refractivity contribution is 9.10. The lowest BCUT2D eigenvalue weighted by Gasteiger charge is -2.00. The standard InChI is InChI=1S/2C11H12FNO2.2C9H10FNO.C7H6FN.C5H3BrFN.4H2/c2*1-2-15-11(14)9-5-8(9)10-4-3-7(12)6-13-10;2*10-7-1-2-9(11-4-7)8-3-6(8)5-12;1-2-7-4-3-6(8)5-9-7;6-5-2-1-4(7)3-8-5;;;;/h2*3-4,6,8-9H,2,5H2,1H3;2*1-2,4,6,8,12H,3,5H2;2-5H,1H2;1-3H;4*1H/t8-,9+;8-,9-;2*6-,8+;;;;;;/m1011....../s1. The van der Waals surface area contributed by atoms with Crippen LogP contribution in [0.3, 0.4) is 0 Å². The fourth-order valence-electron chi connectivity index (χ4n) is 6.98. The van der Waals surface area contributed by atoms with Gasteiger partial charge in [-0.05, 0) is 146 Å². The second kappa shape index (κ2) is 27.8. The highest BCUT2D eigenvalue weighted by atomic mass is 79.9. The number of hydrogen-bond donors (Lipinski definition) is 2. The third kappa shape index (κ3) is 18.7. The Bertz CT molecular complexity index is 2440. The lowest BCUT2D eigenvalue weighted by Crippen LogP contribution is -2.07. The first-order valence-corrected chi connectivity index (χ1v) is 23.5. The molecule has 2 N–H and O–H groups in total. The van der Waals surface area contributed by atoms with Gasteiger partial charge in [0, 0.05) is 65.4 Å². The van der Waals surface area contributed by atoms with Crippen LogP contribution in [-0.2, 0) is 19.1 Å².